The standard InChI is InChI=1S/C18H22ClN3O2/c1-12-15(16(22-24-12)13-5-3-4-6-14(13)19)17(23)21-11-18(2)7-9-20-10-8-18/h3-6,20H,7-11H2,1-2H3,(H,21,23). The first kappa shape index (κ1) is 17.0. The van der Waals surface area contributed by atoms with E-state index in [1.165, 1.54) is 0 Å². The highest BCUT2D eigenvalue weighted by Gasteiger charge is 2.29. The van der Waals surface area contributed by atoms with Crippen molar-refractivity contribution in [2.45, 2.75) is 26.7 Å². The minimum absolute atomic E-state index is 0.122. The average Bonchev–Trinajstić information content (AvgIpc) is 2.95. The maximum Gasteiger partial charge on any atom is 0.257 e. The van der Waals surface area contributed by atoms with Gasteiger partial charge in [0.25, 0.3) is 5.91 Å². The first-order valence-electron chi connectivity index (χ1n) is 8.20. The Bertz CT molecular complexity index is 736. The Kier molecular flexibility index (Phi) is 4.92. The number of halogens is 1. The summed E-state index contributed by atoms with van der Waals surface area (Å²) in [6.07, 6.45) is 2.10. The highest BCUT2D eigenvalue weighted by molar-refractivity contribution is 6.33. The van der Waals surface area contributed by atoms with Gasteiger partial charge in [-0.15, -0.1) is 0 Å². The lowest BCUT2D eigenvalue weighted by Gasteiger charge is -2.34. The van der Waals surface area contributed by atoms with Crippen molar-refractivity contribution in [2.75, 3.05) is 19.6 Å². The fourth-order valence-corrected chi connectivity index (χ4v) is 3.29. The monoisotopic (exact) mass is 347 g/mol. The molecule has 2 aromatic rings. The largest absolute Gasteiger partial charge is 0.360 e. The van der Waals surface area contributed by atoms with Gasteiger partial charge in [-0.3, -0.25) is 4.79 Å². The van der Waals surface area contributed by atoms with Crippen molar-refractivity contribution in [1.82, 2.24) is 15.8 Å². The Morgan fingerprint density at radius 1 is 1.38 bits per heavy atom. The number of aryl methyl sites for hydroxylation is 1. The van der Waals surface area contributed by atoms with Gasteiger partial charge >= 0.3 is 0 Å². The SMILES string of the molecule is Cc1onc(-c2ccccc2Cl)c1C(=O)NCC1(C)CCNCC1. The predicted octanol–water partition coefficient (Wildman–Crippen LogP) is 3.42. The fraction of sp³-hybridized carbons (Fsp3) is 0.444. The van der Waals surface area contributed by atoms with Gasteiger partial charge < -0.3 is 15.2 Å². The molecule has 3 rings (SSSR count). The summed E-state index contributed by atoms with van der Waals surface area (Å²) in [4.78, 5) is 12.7. The second kappa shape index (κ2) is 6.95. The van der Waals surface area contributed by atoms with Crippen molar-refractivity contribution in [2.24, 2.45) is 5.41 Å². The van der Waals surface area contributed by atoms with Crippen LogP contribution in [0.25, 0.3) is 11.3 Å². The van der Waals surface area contributed by atoms with E-state index < -0.39 is 0 Å². The number of carbonyl (C=O) groups is 1. The number of rotatable bonds is 4. The summed E-state index contributed by atoms with van der Waals surface area (Å²) in [6, 6.07) is 7.32. The quantitative estimate of drug-likeness (QED) is 0.889. The van der Waals surface area contributed by atoms with Crippen LogP contribution in [0.15, 0.2) is 28.8 Å². The summed E-state index contributed by atoms with van der Waals surface area (Å²) in [5.41, 5.74) is 1.78. The van der Waals surface area contributed by atoms with Gasteiger partial charge in [0.2, 0.25) is 0 Å². The molecule has 0 radical (unpaired) electrons. The average molecular weight is 348 g/mol. The Morgan fingerprint density at radius 2 is 2.08 bits per heavy atom. The van der Waals surface area contributed by atoms with E-state index in [2.05, 4.69) is 22.7 Å². The number of benzene rings is 1. The van der Waals surface area contributed by atoms with Gasteiger partial charge in [0.05, 0.1) is 5.02 Å². The van der Waals surface area contributed by atoms with Crippen LogP contribution in [0.4, 0.5) is 0 Å². The van der Waals surface area contributed by atoms with Gasteiger partial charge in [0.1, 0.15) is 17.0 Å². The molecule has 1 fully saturated rings. The molecule has 1 aliphatic heterocycles. The number of amides is 1. The van der Waals surface area contributed by atoms with E-state index in [0.717, 1.165) is 25.9 Å². The maximum atomic E-state index is 12.7. The third-order valence-electron chi connectivity index (χ3n) is 4.71. The fourth-order valence-electron chi connectivity index (χ4n) is 3.07. The van der Waals surface area contributed by atoms with E-state index in [-0.39, 0.29) is 11.3 Å². The Morgan fingerprint density at radius 3 is 2.79 bits per heavy atom. The van der Waals surface area contributed by atoms with E-state index in [0.29, 0.717) is 34.1 Å². The first-order valence-corrected chi connectivity index (χ1v) is 8.58. The molecule has 1 aromatic carbocycles. The second-order valence-electron chi connectivity index (χ2n) is 6.69. The lowest BCUT2D eigenvalue weighted by atomic mass is 9.81. The summed E-state index contributed by atoms with van der Waals surface area (Å²) in [6.45, 7) is 6.57. The summed E-state index contributed by atoms with van der Waals surface area (Å²) in [5.74, 6) is 0.335. The normalized spacial score (nSPS) is 16.8. The molecule has 2 heterocycles. The zero-order valence-electron chi connectivity index (χ0n) is 14.0. The number of carbonyl (C=O) groups excluding carboxylic acids is 1. The van der Waals surface area contributed by atoms with Crippen LogP contribution in [0.1, 0.15) is 35.9 Å². The van der Waals surface area contributed by atoms with Crippen molar-refractivity contribution in [1.29, 1.82) is 0 Å². The minimum atomic E-state index is -0.163. The third-order valence-corrected chi connectivity index (χ3v) is 5.03. The molecule has 0 spiro atoms. The third kappa shape index (κ3) is 3.47. The lowest BCUT2D eigenvalue weighted by Crippen LogP contribution is -2.43. The van der Waals surface area contributed by atoms with Gasteiger partial charge in [0.15, 0.2) is 0 Å². The molecule has 0 saturated carbocycles. The molecular formula is C18H22ClN3O2. The summed E-state index contributed by atoms with van der Waals surface area (Å²) in [7, 11) is 0. The minimum Gasteiger partial charge on any atom is -0.360 e. The zero-order valence-corrected chi connectivity index (χ0v) is 14.7. The molecule has 1 saturated heterocycles. The molecule has 0 unspecified atom stereocenters. The second-order valence-corrected chi connectivity index (χ2v) is 7.09. The van der Waals surface area contributed by atoms with E-state index >= 15 is 0 Å². The van der Waals surface area contributed by atoms with Crippen molar-refractivity contribution in [3.05, 3.63) is 40.6 Å². The molecule has 1 aliphatic rings. The van der Waals surface area contributed by atoms with Crippen molar-refractivity contribution >= 4 is 17.5 Å². The van der Waals surface area contributed by atoms with E-state index in [4.69, 9.17) is 16.1 Å². The zero-order chi connectivity index (χ0) is 17.2. The van der Waals surface area contributed by atoms with Gasteiger partial charge in [-0.25, -0.2) is 0 Å². The Labute approximate surface area is 146 Å². The van der Waals surface area contributed by atoms with Crippen LogP contribution in [0.3, 0.4) is 0 Å². The lowest BCUT2D eigenvalue weighted by molar-refractivity contribution is 0.0921. The molecular weight excluding hydrogens is 326 g/mol. The van der Waals surface area contributed by atoms with Crippen molar-refractivity contribution < 1.29 is 9.32 Å². The Balaban J connectivity index is 1.80. The first-order chi connectivity index (χ1) is 11.5. The highest BCUT2D eigenvalue weighted by atomic mass is 35.5. The number of nitrogens with one attached hydrogen (secondary N) is 2. The number of nitrogens with zero attached hydrogens (tertiary/aromatic N) is 1. The highest BCUT2D eigenvalue weighted by Crippen LogP contribution is 2.31. The van der Waals surface area contributed by atoms with E-state index in [1.807, 2.05) is 18.2 Å². The van der Waals surface area contributed by atoms with Gasteiger partial charge in [-0.2, -0.15) is 0 Å². The van der Waals surface area contributed by atoms with Crippen LogP contribution < -0.4 is 10.6 Å². The molecule has 128 valence electrons. The number of aromatic nitrogens is 1. The van der Waals surface area contributed by atoms with Gasteiger partial charge in [0, 0.05) is 12.1 Å². The van der Waals surface area contributed by atoms with Crippen LogP contribution in [0, 0.1) is 12.3 Å². The predicted molar refractivity (Wildman–Crippen MR) is 94.2 cm³/mol. The van der Waals surface area contributed by atoms with Gasteiger partial charge in [-0.05, 0) is 44.3 Å². The van der Waals surface area contributed by atoms with Gasteiger partial charge in [-0.1, -0.05) is 41.9 Å². The Hall–Kier alpha value is -1.85. The maximum absolute atomic E-state index is 12.7. The molecule has 0 bridgehead atoms. The molecule has 6 heteroatoms. The van der Waals surface area contributed by atoms with Crippen LogP contribution in [-0.4, -0.2) is 30.7 Å². The molecule has 2 N–H and O–H groups in total. The van der Waals surface area contributed by atoms with E-state index in [9.17, 15) is 4.79 Å². The number of hydrogen-bond donors (Lipinski definition) is 2. The smallest absolute Gasteiger partial charge is 0.257 e. The van der Waals surface area contributed by atoms with Crippen LogP contribution >= 0.6 is 11.6 Å². The van der Waals surface area contributed by atoms with Crippen LogP contribution in [0.5, 0.6) is 0 Å². The molecule has 24 heavy (non-hydrogen) atoms. The molecule has 5 nitrogen and oxygen atoms in total. The molecule has 0 aliphatic carbocycles. The number of hydrogen-bond acceptors (Lipinski definition) is 4. The summed E-state index contributed by atoms with van der Waals surface area (Å²) < 4.78 is 5.26. The van der Waals surface area contributed by atoms with Crippen molar-refractivity contribution in [3.8, 4) is 11.3 Å². The number of piperidine rings is 1. The summed E-state index contributed by atoms with van der Waals surface area (Å²) >= 11 is 6.25. The van der Waals surface area contributed by atoms with Crippen LogP contribution in [0.2, 0.25) is 5.02 Å². The summed E-state index contributed by atoms with van der Waals surface area (Å²) in [5, 5.41) is 11.0. The molecule has 1 aromatic heterocycles. The van der Waals surface area contributed by atoms with Crippen molar-refractivity contribution in [3.63, 3.8) is 0 Å². The molecule has 1 amide bonds. The van der Waals surface area contributed by atoms with E-state index in [1.54, 1.807) is 13.0 Å². The molecule has 0 atom stereocenters. The topological polar surface area (TPSA) is 67.2 Å². The van der Waals surface area contributed by atoms with Crippen LogP contribution in [-0.2, 0) is 0 Å².